The van der Waals surface area contributed by atoms with E-state index in [9.17, 15) is 0 Å². The summed E-state index contributed by atoms with van der Waals surface area (Å²) in [6.07, 6.45) is 14.5. The lowest BCUT2D eigenvalue weighted by molar-refractivity contribution is 1.09. The van der Waals surface area contributed by atoms with Crippen molar-refractivity contribution >= 4 is 76.6 Å². The molecule has 0 atom stereocenters. The molecule has 0 aliphatic rings. The summed E-state index contributed by atoms with van der Waals surface area (Å²) in [5.74, 6) is 0.823. The third-order valence-corrected chi connectivity index (χ3v) is 12.0. The Morgan fingerprint density at radius 1 is 0.244 bits per heavy atom. The van der Waals surface area contributed by atoms with Gasteiger partial charge in [-0.05, 0) is 150 Å². The number of aryl methyl sites for hydroxylation is 8. The monoisotopic (exact) mass is 1020 g/mol. The van der Waals surface area contributed by atoms with Crippen molar-refractivity contribution in [2.75, 3.05) is 0 Å². The summed E-state index contributed by atoms with van der Waals surface area (Å²) in [7, 11) is 0. The van der Waals surface area contributed by atoms with Gasteiger partial charge in [0.25, 0.3) is 0 Å². The van der Waals surface area contributed by atoms with Crippen molar-refractivity contribution in [1.82, 2.24) is 54.8 Å². The highest BCUT2D eigenvalue weighted by atomic mass is 14.9. The molecule has 7 aromatic carbocycles. The van der Waals surface area contributed by atoms with Crippen molar-refractivity contribution in [2.45, 2.75) is 55.4 Å². The van der Waals surface area contributed by atoms with Crippen LogP contribution >= 0.6 is 0 Å². The van der Waals surface area contributed by atoms with Crippen LogP contribution in [0.1, 0.15) is 45.2 Å². The van der Waals surface area contributed by atoms with Crippen LogP contribution in [0.15, 0.2) is 225 Å². The SMILES string of the molecule is Cc1cc2ccccc2cn1.Cc1ccc2ncccc2c1.Cc1ccc2nccnc2c1.Cc1cnc2cccc(C)c2n1.Cc1cnc2ccccc2c1.Cc1cnc2ccccc2n1.Cc1ncc2ccccc2n1. The molecule has 0 radical (unpaired) electrons. The van der Waals surface area contributed by atoms with Crippen LogP contribution in [0.2, 0.25) is 0 Å². The number of nitrogens with zero attached hydrogens (tertiary/aromatic N) is 11. The highest BCUT2D eigenvalue weighted by Crippen LogP contribution is 2.16. The fourth-order valence-electron chi connectivity index (χ4n) is 8.02. The first kappa shape index (κ1) is 54.4. The number of rotatable bonds is 0. The number of hydrogen-bond acceptors (Lipinski definition) is 11. The maximum absolute atomic E-state index is 4.41. The Labute approximate surface area is 455 Å². The molecule has 0 aliphatic carbocycles. The Morgan fingerprint density at radius 2 is 0.756 bits per heavy atom. The standard InChI is InChI=1S/C10H10N2.3C10H9N.3C9H8N2/c1-7-4-3-5-9-10(7)12-8(2)6-11-9;1-8-4-5-10-9(7-8)3-2-6-11-10;1-8-6-9-4-2-3-5-10(9)7-11-8;1-8-6-9-4-2-3-5-10(9)11-7-8;1-7-2-3-8-9(6-7)11-5-4-10-8;1-7-10-6-8-4-2-3-5-9(8)11-7;1-7-6-10-8-4-2-3-5-9(8)11-7/h3-6H,1-2H3;3*2-7H,1H3;3*2-6H,1H3. The number of fused-ring (bicyclic) bond motifs is 7. The number of benzene rings is 7. The molecule has 0 N–H and O–H groups in total. The first-order valence-electron chi connectivity index (χ1n) is 25.6. The maximum Gasteiger partial charge on any atom is 0.125 e. The van der Waals surface area contributed by atoms with Crippen molar-refractivity contribution in [2.24, 2.45) is 0 Å². The zero-order valence-electron chi connectivity index (χ0n) is 45.3. The van der Waals surface area contributed by atoms with E-state index >= 15 is 0 Å². The predicted molar refractivity (Wildman–Crippen MR) is 321 cm³/mol. The number of para-hydroxylation sites is 5. The summed E-state index contributed by atoms with van der Waals surface area (Å²) < 4.78 is 0. The molecule has 0 spiro atoms. The van der Waals surface area contributed by atoms with Crippen LogP contribution in [0.25, 0.3) is 76.6 Å². The third-order valence-electron chi connectivity index (χ3n) is 12.0. The molecule has 14 aromatic rings. The van der Waals surface area contributed by atoms with Crippen LogP contribution in [-0.4, -0.2) is 54.8 Å². The largest absolute Gasteiger partial charge is 0.261 e. The van der Waals surface area contributed by atoms with E-state index in [4.69, 9.17) is 0 Å². The van der Waals surface area contributed by atoms with Gasteiger partial charge in [-0.1, -0.05) is 109 Å². The van der Waals surface area contributed by atoms with Gasteiger partial charge in [0.2, 0.25) is 0 Å². The topological polar surface area (TPSA) is 142 Å². The second-order valence-corrected chi connectivity index (χ2v) is 18.6. The minimum atomic E-state index is 0.823. The van der Waals surface area contributed by atoms with Gasteiger partial charge in [0.15, 0.2) is 0 Å². The van der Waals surface area contributed by atoms with E-state index in [1.165, 1.54) is 43.8 Å². The number of pyridine rings is 3. The molecule has 0 unspecified atom stereocenters. The molecule has 78 heavy (non-hydrogen) atoms. The molecule has 0 saturated carbocycles. The van der Waals surface area contributed by atoms with Gasteiger partial charge in [-0.3, -0.25) is 34.9 Å². The van der Waals surface area contributed by atoms with E-state index in [0.717, 1.165) is 77.9 Å². The molecular weight excluding hydrogens is 959 g/mol. The van der Waals surface area contributed by atoms with Crippen LogP contribution in [0.3, 0.4) is 0 Å². The fraction of sp³-hybridized carbons (Fsp3) is 0.119. The van der Waals surface area contributed by atoms with E-state index < -0.39 is 0 Å². The lowest BCUT2D eigenvalue weighted by atomic mass is 10.1. The molecule has 0 amide bonds. The van der Waals surface area contributed by atoms with E-state index in [-0.39, 0.29) is 0 Å². The fourth-order valence-corrected chi connectivity index (χ4v) is 8.02. The predicted octanol–water partition coefficient (Wildman–Crippen LogP) is 15.7. The van der Waals surface area contributed by atoms with E-state index in [0.29, 0.717) is 0 Å². The van der Waals surface area contributed by atoms with Crippen LogP contribution in [0.4, 0.5) is 0 Å². The second kappa shape index (κ2) is 27.1. The van der Waals surface area contributed by atoms with Crippen molar-refractivity contribution in [3.63, 3.8) is 0 Å². The minimum Gasteiger partial charge on any atom is -0.261 e. The van der Waals surface area contributed by atoms with Gasteiger partial charge in [0.05, 0.1) is 61.0 Å². The van der Waals surface area contributed by atoms with Crippen LogP contribution in [0.5, 0.6) is 0 Å². The minimum absolute atomic E-state index is 0.823. The second-order valence-electron chi connectivity index (χ2n) is 18.6. The van der Waals surface area contributed by atoms with Gasteiger partial charge in [-0.15, -0.1) is 0 Å². The summed E-state index contributed by atoms with van der Waals surface area (Å²) in [5, 5.41) is 6.00. The summed E-state index contributed by atoms with van der Waals surface area (Å²) in [5.41, 5.74) is 16.9. The number of hydrogen-bond donors (Lipinski definition) is 0. The van der Waals surface area contributed by atoms with Gasteiger partial charge in [0, 0.05) is 76.8 Å². The molecular formula is C67H61N11. The highest BCUT2D eigenvalue weighted by molar-refractivity contribution is 5.82. The normalized spacial score (nSPS) is 10.3. The van der Waals surface area contributed by atoms with Crippen LogP contribution < -0.4 is 0 Å². The van der Waals surface area contributed by atoms with Crippen LogP contribution in [0, 0.1) is 55.4 Å². The Hall–Kier alpha value is -9.87. The van der Waals surface area contributed by atoms with Crippen LogP contribution in [-0.2, 0) is 0 Å². The quantitative estimate of drug-likeness (QED) is 0.143. The molecule has 11 nitrogen and oxygen atoms in total. The third kappa shape index (κ3) is 15.8. The van der Waals surface area contributed by atoms with Crippen molar-refractivity contribution in [3.8, 4) is 0 Å². The van der Waals surface area contributed by atoms with E-state index in [1.54, 1.807) is 24.8 Å². The first-order chi connectivity index (χ1) is 37.9. The Morgan fingerprint density at radius 3 is 1.53 bits per heavy atom. The summed E-state index contributed by atoms with van der Waals surface area (Å²) >= 11 is 0. The average molecular weight is 1020 g/mol. The molecule has 7 heterocycles. The van der Waals surface area contributed by atoms with Gasteiger partial charge >= 0.3 is 0 Å². The lowest BCUT2D eigenvalue weighted by Gasteiger charge is -1.99. The zero-order valence-corrected chi connectivity index (χ0v) is 45.3. The Balaban J connectivity index is 0.000000120. The lowest BCUT2D eigenvalue weighted by Crippen LogP contribution is -1.88. The molecule has 11 heteroatoms. The molecule has 0 aliphatic heterocycles. The molecule has 14 rings (SSSR count). The summed E-state index contributed by atoms with van der Waals surface area (Å²) in [4.78, 5) is 46.6. The highest BCUT2D eigenvalue weighted by Gasteiger charge is 2.00. The Bertz CT molecular complexity index is 3640. The molecule has 0 saturated heterocycles. The smallest absolute Gasteiger partial charge is 0.125 e. The molecule has 0 fully saturated rings. The maximum atomic E-state index is 4.41. The molecule has 0 bridgehead atoms. The molecule has 384 valence electrons. The average Bonchev–Trinajstić information content (AvgIpc) is 3.47. The van der Waals surface area contributed by atoms with E-state index in [1.807, 2.05) is 181 Å². The van der Waals surface area contributed by atoms with Crippen molar-refractivity contribution in [1.29, 1.82) is 0 Å². The van der Waals surface area contributed by atoms with Crippen molar-refractivity contribution < 1.29 is 0 Å². The Kier molecular flexibility index (Phi) is 18.9. The summed E-state index contributed by atoms with van der Waals surface area (Å²) in [6, 6.07) is 58.8. The first-order valence-corrected chi connectivity index (χ1v) is 25.6. The van der Waals surface area contributed by atoms with Gasteiger partial charge < -0.3 is 0 Å². The summed E-state index contributed by atoms with van der Waals surface area (Å²) in [6.45, 7) is 16.0. The van der Waals surface area contributed by atoms with Crippen molar-refractivity contribution in [3.05, 3.63) is 271 Å². The van der Waals surface area contributed by atoms with Gasteiger partial charge in [-0.2, -0.15) is 0 Å². The number of aromatic nitrogens is 11. The molecule has 7 aromatic heterocycles. The zero-order chi connectivity index (χ0) is 54.6. The van der Waals surface area contributed by atoms with Gasteiger partial charge in [-0.25, -0.2) is 19.9 Å². The van der Waals surface area contributed by atoms with Gasteiger partial charge in [0.1, 0.15) is 5.82 Å². The van der Waals surface area contributed by atoms with E-state index in [2.05, 4.69) is 130 Å².